The highest BCUT2D eigenvalue weighted by Gasteiger charge is 2.15. The molecule has 136 valence electrons. The summed E-state index contributed by atoms with van der Waals surface area (Å²) >= 11 is 1.61. The molecule has 0 unspecified atom stereocenters. The van der Waals surface area contributed by atoms with Gasteiger partial charge in [0, 0.05) is 30.7 Å². The van der Waals surface area contributed by atoms with Crippen molar-refractivity contribution in [3.63, 3.8) is 0 Å². The van der Waals surface area contributed by atoms with Gasteiger partial charge in [0.05, 0.1) is 36.6 Å². The summed E-state index contributed by atoms with van der Waals surface area (Å²) in [6.45, 7) is 0. The van der Waals surface area contributed by atoms with Crippen LogP contribution in [0.5, 0.6) is 17.2 Å². The Morgan fingerprint density at radius 2 is 1.77 bits per heavy atom. The number of carbonyl (C=O) groups is 1. The normalized spacial score (nSPS) is 10.6. The van der Waals surface area contributed by atoms with Crippen molar-refractivity contribution in [2.24, 2.45) is 0 Å². The van der Waals surface area contributed by atoms with Crippen molar-refractivity contribution in [1.82, 2.24) is 4.98 Å². The van der Waals surface area contributed by atoms with Crippen LogP contribution >= 0.6 is 11.3 Å². The van der Waals surface area contributed by atoms with Crippen LogP contribution in [0.25, 0.3) is 10.2 Å². The second kappa shape index (κ2) is 8.05. The van der Waals surface area contributed by atoms with Crippen LogP contribution in [0.3, 0.4) is 0 Å². The molecule has 0 aliphatic rings. The minimum atomic E-state index is -0.0986. The topological polar surface area (TPSA) is 69.7 Å². The van der Waals surface area contributed by atoms with E-state index in [-0.39, 0.29) is 5.91 Å². The van der Waals surface area contributed by atoms with Gasteiger partial charge in [0.2, 0.25) is 11.7 Å². The lowest BCUT2D eigenvalue weighted by atomic mass is 10.2. The lowest BCUT2D eigenvalue weighted by molar-refractivity contribution is -0.116. The van der Waals surface area contributed by atoms with Crippen molar-refractivity contribution in [3.05, 3.63) is 41.4 Å². The molecular formula is C19H20N2O4S. The Morgan fingerprint density at radius 1 is 1.08 bits per heavy atom. The Bertz CT molecular complexity index is 865. The molecule has 0 fully saturated rings. The molecule has 0 spiro atoms. The first-order valence-electron chi connectivity index (χ1n) is 8.09. The SMILES string of the molecule is COc1cc(NC(=O)CCc2nc3ccccc3s2)cc(OC)c1OC. The molecule has 6 nitrogen and oxygen atoms in total. The number of nitrogens with zero attached hydrogens (tertiary/aromatic N) is 1. The number of anilines is 1. The van der Waals surface area contributed by atoms with Crippen LogP contribution in [0.15, 0.2) is 36.4 Å². The molecule has 0 saturated carbocycles. The van der Waals surface area contributed by atoms with E-state index in [2.05, 4.69) is 10.3 Å². The number of thiazole rings is 1. The zero-order valence-corrected chi connectivity index (χ0v) is 15.7. The van der Waals surface area contributed by atoms with Crippen LogP contribution in [0.2, 0.25) is 0 Å². The van der Waals surface area contributed by atoms with Gasteiger partial charge in [0.25, 0.3) is 0 Å². The van der Waals surface area contributed by atoms with E-state index in [1.807, 2.05) is 24.3 Å². The Kier molecular flexibility index (Phi) is 5.58. The van der Waals surface area contributed by atoms with Gasteiger partial charge < -0.3 is 19.5 Å². The minimum Gasteiger partial charge on any atom is -0.493 e. The van der Waals surface area contributed by atoms with E-state index >= 15 is 0 Å². The fourth-order valence-corrected chi connectivity index (χ4v) is 3.59. The van der Waals surface area contributed by atoms with Gasteiger partial charge in [0.15, 0.2) is 11.5 Å². The second-order valence-corrected chi connectivity index (χ2v) is 6.65. The molecule has 0 bridgehead atoms. The molecule has 1 amide bonds. The second-order valence-electron chi connectivity index (χ2n) is 5.54. The number of fused-ring (bicyclic) bond motifs is 1. The molecule has 1 aromatic heterocycles. The first-order chi connectivity index (χ1) is 12.6. The summed E-state index contributed by atoms with van der Waals surface area (Å²) < 4.78 is 17.0. The summed E-state index contributed by atoms with van der Waals surface area (Å²) in [7, 11) is 4.61. The summed E-state index contributed by atoms with van der Waals surface area (Å²) in [4.78, 5) is 16.9. The van der Waals surface area contributed by atoms with Gasteiger partial charge in [0.1, 0.15) is 0 Å². The number of ether oxygens (including phenoxy) is 3. The van der Waals surface area contributed by atoms with Crippen LogP contribution < -0.4 is 19.5 Å². The summed E-state index contributed by atoms with van der Waals surface area (Å²) in [6.07, 6.45) is 0.937. The minimum absolute atomic E-state index is 0.0986. The maximum absolute atomic E-state index is 12.3. The predicted molar refractivity (Wildman–Crippen MR) is 103 cm³/mol. The van der Waals surface area contributed by atoms with Crippen molar-refractivity contribution in [1.29, 1.82) is 0 Å². The first kappa shape index (κ1) is 18.0. The molecule has 3 rings (SSSR count). The number of carbonyl (C=O) groups excluding carboxylic acids is 1. The van der Waals surface area contributed by atoms with Crippen LogP contribution in [0, 0.1) is 0 Å². The number of aromatic nitrogens is 1. The average molecular weight is 372 g/mol. The van der Waals surface area contributed by atoms with Gasteiger partial charge in [-0.05, 0) is 12.1 Å². The Morgan fingerprint density at radius 3 is 2.38 bits per heavy atom. The number of amides is 1. The van der Waals surface area contributed by atoms with E-state index < -0.39 is 0 Å². The van der Waals surface area contributed by atoms with Crippen molar-refractivity contribution in [2.45, 2.75) is 12.8 Å². The third kappa shape index (κ3) is 3.88. The molecular weight excluding hydrogens is 352 g/mol. The van der Waals surface area contributed by atoms with Crippen molar-refractivity contribution >= 4 is 33.1 Å². The fraction of sp³-hybridized carbons (Fsp3) is 0.263. The van der Waals surface area contributed by atoms with Gasteiger partial charge in [-0.2, -0.15) is 0 Å². The lowest BCUT2D eigenvalue weighted by Crippen LogP contribution is -2.12. The van der Waals surface area contributed by atoms with Crippen LogP contribution in [-0.2, 0) is 11.2 Å². The van der Waals surface area contributed by atoms with E-state index in [9.17, 15) is 4.79 Å². The van der Waals surface area contributed by atoms with Gasteiger partial charge in [-0.25, -0.2) is 4.98 Å². The summed E-state index contributed by atoms with van der Waals surface area (Å²) in [6, 6.07) is 11.4. The molecule has 0 saturated heterocycles. The first-order valence-corrected chi connectivity index (χ1v) is 8.90. The smallest absolute Gasteiger partial charge is 0.224 e. The predicted octanol–water partition coefficient (Wildman–Crippen LogP) is 3.89. The highest BCUT2D eigenvalue weighted by molar-refractivity contribution is 7.18. The Balaban J connectivity index is 1.67. The molecule has 1 heterocycles. The van der Waals surface area contributed by atoms with E-state index in [0.29, 0.717) is 35.8 Å². The molecule has 26 heavy (non-hydrogen) atoms. The average Bonchev–Trinajstić information content (AvgIpc) is 3.08. The number of aryl methyl sites for hydroxylation is 1. The zero-order chi connectivity index (χ0) is 18.5. The monoisotopic (exact) mass is 372 g/mol. The van der Waals surface area contributed by atoms with E-state index in [1.54, 1.807) is 23.5 Å². The van der Waals surface area contributed by atoms with Crippen molar-refractivity contribution in [3.8, 4) is 17.2 Å². The Hall–Kier alpha value is -2.80. The highest BCUT2D eigenvalue weighted by atomic mass is 32.1. The molecule has 7 heteroatoms. The number of hydrogen-bond acceptors (Lipinski definition) is 6. The summed E-state index contributed by atoms with van der Waals surface area (Å²) in [5, 5.41) is 3.82. The molecule has 0 aliphatic heterocycles. The maximum Gasteiger partial charge on any atom is 0.224 e. The fourth-order valence-electron chi connectivity index (χ4n) is 2.62. The maximum atomic E-state index is 12.3. The van der Waals surface area contributed by atoms with Gasteiger partial charge in [-0.1, -0.05) is 12.1 Å². The number of benzene rings is 2. The van der Waals surface area contributed by atoms with Crippen LogP contribution in [-0.4, -0.2) is 32.2 Å². The number of rotatable bonds is 7. The molecule has 3 aromatic rings. The standard InChI is InChI=1S/C19H20N2O4S/c1-23-14-10-12(11-15(24-2)19(14)25-3)20-17(22)8-9-18-21-13-6-4-5-7-16(13)26-18/h4-7,10-11H,8-9H2,1-3H3,(H,20,22). The molecule has 1 N–H and O–H groups in total. The van der Waals surface area contributed by atoms with E-state index in [0.717, 1.165) is 15.2 Å². The third-order valence-corrected chi connectivity index (χ3v) is 4.95. The van der Waals surface area contributed by atoms with Gasteiger partial charge in [-0.15, -0.1) is 11.3 Å². The highest BCUT2D eigenvalue weighted by Crippen LogP contribution is 2.39. The number of para-hydroxylation sites is 1. The zero-order valence-electron chi connectivity index (χ0n) is 14.9. The number of hydrogen-bond donors (Lipinski definition) is 1. The quantitative estimate of drug-likeness (QED) is 0.681. The third-order valence-electron chi connectivity index (χ3n) is 3.85. The van der Waals surface area contributed by atoms with Crippen LogP contribution in [0.1, 0.15) is 11.4 Å². The number of nitrogens with one attached hydrogen (secondary N) is 1. The lowest BCUT2D eigenvalue weighted by Gasteiger charge is -2.14. The summed E-state index contributed by atoms with van der Waals surface area (Å²) in [5.74, 6) is 1.38. The molecule has 0 radical (unpaired) electrons. The van der Waals surface area contributed by atoms with Gasteiger partial charge in [-0.3, -0.25) is 4.79 Å². The van der Waals surface area contributed by atoms with Gasteiger partial charge >= 0.3 is 0 Å². The molecule has 2 aromatic carbocycles. The van der Waals surface area contributed by atoms with E-state index in [4.69, 9.17) is 14.2 Å². The van der Waals surface area contributed by atoms with Crippen molar-refractivity contribution < 1.29 is 19.0 Å². The Labute approximate surface area is 155 Å². The molecule has 0 atom stereocenters. The van der Waals surface area contributed by atoms with Crippen LogP contribution in [0.4, 0.5) is 5.69 Å². The van der Waals surface area contributed by atoms with E-state index in [1.165, 1.54) is 21.3 Å². The molecule has 0 aliphatic carbocycles. The summed E-state index contributed by atoms with van der Waals surface area (Å²) in [5.41, 5.74) is 1.56. The number of methoxy groups -OCH3 is 3. The largest absolute Gasteiger partial charge is 0.493 e. The van der Waals surface area contributed by atoms with Crippen molar-refractivity contribution in [2.75, 3.05) is 26.6 Å².